The van der Waals surface area contributed by atoms with Crippen molar-refractivity contribution in [3.63, 3.8) is 0 Å². The first-order valence-electron chi connectivity index (χ1n) is 8.18. The molecule has 0 N–H and O–H groups in total. The highest BCUT2D eigenvalue weighted by Gasteiger charge is 2.27. The number of imidazole rings is 1. The van der Waals surface area contributed by atoms with Crippen LogP contribution in [0.1, 0.15) is 37.6 Å². The lowest BCUT2D eigenvalue weighted by Gasteiger charge is -2.22. The number of carbonyl (C=O) groups is 1. The summed E-state index contributed by atoms with van der Waals surface area (Å²) in [5.74, 6) is 1.79. The average Bonchev–Trinajstić information content (AvgIpc) is 3.27. The van der Waals surface area contributed by atoms with Gasteiger partial charge in [-0.25, -0.2) is 4.98 Å². The van der Waals surface area contributed by atoms with Gasteiger partial charge in [0, 0.05) is 30.4 Å². The predicted molar refractivity (Wildman–Crippen MR) is 91.2 cm³/mol. The first kappa shape index (κ1) is 16.1. The molecule has 1 aromatic carbocycles. The van der Waals surface area contributed by atoms with Crippen LogP contribution in [-0.2, 0) is 17.9 Å². The van der Waals surface area contributed by atoms with Gasteiger partial charge in [-0.3, -0.25) is 4.79 Å². The molecule has 0 saturated heterocycles. The van der Waals surface area contributed by atoms with Crippen LogP contribution in [0.3, 0.4) is 0 Å². The van der Waals surface area contributed by atoms with Crippen LogP contribution in [0.2, 0.25) is 5.02 Å². The summed E-state index contributed by atoms with van der Waals surface area (Å²) in [6.07, 6.45) is 6.75. The molecule has 0 atom stereocenters. The summed E-state index contributed by atoms with van der Waals surface area (Å²) in [4.78, 5) is 18.6. The molecule has 0 unspecified atom stereocenters. The van der Waals surface area contributed by atoms with Crippen LogP contribution in [0.25, 0.3) is 0 Å². The molecule has 122 valence electrons. The summed E-state index contributed by atoms with van der Waals surface area (Å²) >= 11 is 6.25. The molecular formula is C18H22ClN3O. The molecule has 2 aromatic rings. The topological polar surface area (TPSA) is 38.1 Å². The van der Waals surface area contributed by atoms with E-state index in [1.54, 1.807) is 6.20 Å². The third-order valence-electron chi connectivity index (χ3n) is 4.26. The highest BCUT2D eigenvalue weighted by Crippen LogP contribution is 2.30. The number of nitrogens with zero attached hydrogens (tertiary/aromatic N) is 3. The maximum Gasteiger partial charge on any atom is 0.222 e. The quantitative estimate of drug-likeness (QED) is 0.775. The Morgan fingerprint density at radius 2 is 2.17 bits per heavy atom. The minimum Gasteiger partial charge on any atom is -0.335 e. The van der Waals surface area contributed by atoms with Gasteiger partial charge < -0.3 is 9.47 Å². The summed E-state index contributed by atoms with van der Waals surface area (Å²) in [6.45, 7) is 4.01. The molecule has 5 heteroatoms. The molecule has 1 aromatic heterocycles. The van der Waals surface area contributed by atoms with E-state index < -0.39 is 0 Å². The van der Waals surface area contributed by atoms with Crippen LogP contribution in [0.5, 0.6) is 0 Å². The molecule has 1 aliphatic carbocycles. The van der Waals surface area contributed by atoms with Gasteiger partial charge in [0.15, 0.2) is 0 Å². The lowest BCUT2D eigenvalue weighted by Crippen LogP contribution is -2.33. The first-order valence-corrected chi connectivity index (χ1v) is 8.56. The lowest BCUT2D eigenvalue weighted by atomic mass is 10.2. The Bertz CT molecular complexity index is 678. The zero-order valence-electron chi connectivity index (χ0n) is 13.4. The minimum atomic E-state index is 0.198. The van der Waals surface area contributed by atoms with Gasteiger partial charge in [0.25, 0.3) is 0 Å². The average molecular weight is 332 g/mol. The van der Waals surface area contributed by atoms with E-state index >= 15 is 0 Å². The van der Waals surface area contributed by atoms with Crippen molar-refractivity contribution < 1.29 is 4.79 Å². The van der Waals surface area contributed by atoms with Crippen LogP contribution in [0, 0.1) is 5.92 Å². The maximum atomic E-state index is 12.2. The second kappa shape index (κ2) is 7.18. The molecule has 0 aliphatic heterocycles. The highest BCUT2D eigenvalue weighted by atomic mass is 35.5. The third kappa shape index (κ3) is 4.14. The number of hydrogen-bond donors (Lipinski definition) is 0. The maximum absolute atomic E-state index is 12.2. The van der Waals surface area contributed by atoms with Crippen molar-refractivity contribution in [2.45, 2.75) is 39.3 Å². The second-order valence-corrected chi connectivity index (χ2v) is 6.54. The Morgan fingerprint density at radius 3 is 2.87 bits per heavy atom. The van der Waals surface area contributed by atoms with E-state index in [2.05, 4.69) is 9.55 Å². The van der Waals surface area contributed by atoms with Gasteiger partial charge in [-0.1, -0.05) is 36.7 Å². The fourth-order valence-corrected chi connectivity index (χ4v) is 2.90. The summed E-state index contributed by atoms with van der Waals surface area (Å²) in [5.41, 5.74) is 1.06. The second-order valence-electron chi connectivity index (χ2n) is 6.13. The van der Waals surface area contributed by atoms with Crippen molar-refractivity contribution in [3.8, 4) is 0 Å². The Balaban J connectivity index is 1.74. The molecule has 4 nitrogen and oxygen atoms in total. The zero-order valence-corrected chi connectivity index (χ0v) is 14.2. The summed E-state index contributed by atoms with van der Waals surface area (Å²) in [6, 6.07) is 7.83. The Kier molecular flexibility index (Phi) is 5.01. The van der Waals surface area contributed by atoms with E-state index in [-0.39, 0.29) is 5.91 Å². The van der Waals surface area contributed by atoms with Gasteiger partial charge in [-0.2, -0.15) is 0 Å². The number of hydrogen-bond acceptors (Lipinski definition) is 2. The summed E-state index contributed by atoms with van der Waals surface area (Å²) in [7, 11) is 0. The van der Waals surface area contributed by atoms with E-state index in [0.29, 0.717) is 25.4 Å². The zero-order chi connectivity index (χ0) is 16.2. The molecule has 0 spiro atoms. The molecule has 1 heterocycles. The van der Waals surface area contributed by atoms with Gasteiger partial charge in [0.1, 0.15) is 5.82 Å². The van der Waals surface area contributed by atoms with Crippen molar-refractivity contribution >= 4 is 17.5 Å². The van der Waals surface area contributed by atoms with Crippen molar-refractivity contribution in [3.05, 3.63) is 53.1 Å². The predicted octanol–water partition coefficient (Wildman–Crippen LogP) is 3.73. The van der Waals surface area contributed by atoms with Gasteiger partial charge in [-0.05, 0) is 30.4 Å². The highest BCUT2D eigenvalue weighted by molar-refractivity contribution is 6.31. The van der Waals surface area contributed by atoms with E-state index in [9.17, 15) is 4.79 Å². The van der Waals surface area contributed by atoms with Crippen LogP contribution in [0.4, 0.5) is 0 Å². The minimum absolute atomic E-state index is 0.198. The fraction of sp³-hybridized carbons (Fsp3) is 0.444. The Hall–Kier alpha value is -1.81. The van der Waals surface area contributed by atoms with Gasteiger partial charge in [0.2, 0.25) is 5.91 Å². The summed E-state index contributed by atoms with van der Waals surface area (Å²) in [5, 5.41) is 0.756. The van der Waals surface area contributed by atoms with Gasteiger partial charge in [0.05, 0.1) is 13.1 Å². The molecule has 23 heavy (non-hydrogen) atoms. The molecule has 1 fully saturated rings. The number of aromatic nitrogens is 2. The van der Waals surface area contributed by atoms with Crippen LogP contribution < -0.4 is 0 Å². The first-order chi connectivity index (χ1) is 11.2. The van der Waals surface area contributed by atoms with Crippen molar-refractivity contribution in [1.82, 2.24) is 14.5 Å². The number of carbonyl (C=O) groups excluding carboxylic acids is 1. The molecular weight excluding hydrogens is 310 g/mol. The molecule has 1 saturated carbocycles. The molecule has 0 radical (unpaired) electrons. The van der Waals surface area contributed by atoms with E-state index in [1.807, 2.05) is 42.3 Å². The van der Waals surface area contributed by atoms with Gasteiger partial charge >= 0.3 is 0 Å². The fourth-order valence-electron chi connectivity index (χ4n) is 2.71. The molecule has 3 rings (SSSR count). The van der Waals surface area contributed by atoms with Crippen LogP contribution >= 0.6 is 11.6 Å². The van der Waals surface area contributed by atoms with E-state index in [4.69, 9.17) is 11.6 Å². The Labute approximate surface area is 142 Å². The standard InChI is InChI=1S/C18H22ClN3O/c1-2-18(23)22(11-14-7-8-14)13-17-20-9-10-21(17)12-15-5-3-4-6-16(15)19/h3-6,9-10,14H,2,7-8,11-13H2,1H3. The van der Waals surface area contributed by atoms with Crippen molar-refractivity contribution in [2.24, 2.45) is 5.92 Å². The molecule has 0 bridgehead atoms. The summed E-state index contributed by atoms with van der Waals surface area (Å²) < 4.78 is 2.07. The third-order valence-corrected chi connectivity index (χ3v) is 4.63. The monoisotopic (exact) mass is 331 g/mol. The van der Waals surface area contributed by atoms with Crippen molar-refractivity contribution in [2.75, 3.05) is 6.54 Å². The van der Waals surface area contributed by atoms with Crippen LogP contribution in [-0.4, -0.2) is 26.9 Å². The number of amides is 1. The van der Waals surface area contributed by atoms with E-state index in [0.717, 1.165) is 23.0 Å². The van der Waals surface area contributed by atoms with E-state index in [1.165, 1.54) is 12.8 Å². The SMILES string of the molecule is CCC(=O)N(Cc1nccn1Cc1ccccc1Cl)CC1CC1. The smallest absolute Gasteiger partial charge is 0.222 e. The largest absolute Gasteiger partial charge is 0.335 e. The number of benzene rings is 1. The molecule has 1 aliphatic rings. The lowest BCUT2D eigenvalue weighted by molar-refractivity contribution is -0.131. The van der Waals surface area contributed by atoms with Crippen LogP contribution in [0.15, 0.2) is 36.7 Å². The van der Waals surface area contributed by atoms with Crippen molar-refractivity contribution in [1.29, 1.82) is 0 Å². The number of rotatable bonds is 7. The normalized spacial score (nSPS) is 14.0. The van der Waals surface area contributed by atoms with Gasteiger partial charge in [-0.15, -0.1) is 0 Å². The number of halogens is 1. The Morgan fingerprint density at radius 1 is 1.39 bits per heavy atom. The molecule has 1 amide bonds.